The van der Waals surface area contributed by atoms with Crippen LogP contribution in [-0.2, 0) is 18.9 Å². The highest BCUT2D eigenvalue weighted by molar-refractivity contribution is 5.62. The minimum atomic E-state index is -0.579. The average Bonchev–Trinajstić information content (AvgIpc) is 0.765. The van der Waals surface area contributed by atoms with Gasteiger partial charge in [0.05, 0.1) is 0 Å². The van der Waals surface area contributed by atoms with Crippen molar-refractivity contribution in [2.24, 2.45) is 0 Å². The summed E-state index contributed by atoms with van der Waals surface area (Å²) >= 11 is 0. The Morgan fingerprint density at radius 3 is 0.489 bits per heavy atom. The quantitative estimate of drug-likeness (QED) is 0.0195. The minimum absolute atomic E-state index is 0.111. The van der Waals surface area contributed by atoms with Gasteiger partial charge < -0.3 is 59.8 Å². The Kier molecular flexibility index (Phi) is 39.8. The number of ether oxygens (including phenoxy) is 4. The number of benzene rings is 4. The molecule has 4 aromatic rings. The van der Waals surface area contributed by atoms with E-state index in [0.29, 0.717) is 70.2 Å². The number of phenols is 8. The lowest BCUT2D eigenvalue weighted by atomic mass is 9.76. The number of phenolic OH excluding ortho intramolecular Hbond substituents is 8. The molecule has 0 unspecified atom stereocenters. The van der Waals surface area contributed by atoms with Crippen LogP contribution in [0.1, 0.15) is 353 Å². The Morgan fingerprint density at radius 1 is 0.196 bits per heavy atom. The number of fused-ring (bicyclic) bond motifs is 8. The molecule has 0 radical (unpaired) electrons. The zero-order valence-corrected chi connectivity index (χ0v) is 58.1. The molecular formula is C80H128O12. The van der Waals surface area contributed by atoms with Crippen molar-refractivity contribution in [2.45, 2.75) is 308 Å². The first kappa shape index (κ1) is 77.8. The van der Waals surface area contributed by atoms with Gasteiger partial charge in [-0.2, -0.15) is 0 Å². The van der Waals surface area contributed by atoms with E-state index in [4.69, 9.17) is 18.9 Å². The molecule has 520 valence electrons. The molecule has 1 aliphatic carbocycles. The van der Waals surface area contributed by atoms with Crippen LogP contribution in [0.15, 0.2) is 48.5 Å². The molecule has 8 bridgehead atoms. The molecule has 0 saturated heterocycles. The molecular weight excluding hydrogens is 1150 g/mol. The van der Waals surface area contributed by atoms with Gasteiger partial charge in [0.25, 0.3) is 0 Å². The Bertz CT molecular complexity index is 2130. The van der Waals surface area contributed by atoms with Crippen molar-refractivity contribution in [3.63, 3.8) is 0 Å². The van der Waals surface area contributed by atoms with Crippen LogP contribution >= 0.6 is 0 Å². The van der Waals surface area contributed by atoms with Gasteiger partial charge in [-0.25, -0.2) is 0 Å². The first-order valence-electron chi connectivity index (χ1n) is 37.5. The molecule has 92 heavy (non-hydrogen) atoms. The summed E-state index contributed by atoms with van der Waals surface area (Å²) in [6, 6.07) is 13.2. The van der Waals surface area contributed by atoms with Crippen LogP contribution in [0.4, 0.5) is 0 Å². The summed E-state index contributed by atoms with van der Waals surface area (Å²) in [5, 5.41) is 98.0. The fraction of sp³-hybridized carbons (Fsp3) is 0.700. The van der Waals surface area contributed by atoms with E-state index in [-0.39, 0.29) is 46.0 Å². The number of hydrogen-bond donors (Lipinski definition) is 8. The van der Waals surface area contributed by atoms with E-state index in [2.05, 4.69) is 27.7 Å². The average molecular weight is 1280 g/mol. The van der Waals surface area contributed by atoms with Crippen LogP contribution in [0.5, 0.6) is 46.0 Å². The van der Waals surface area contributed by atoms with Crippen molar-refractivity contribution in [3.05, 3.63) is 93.0 Å². The Morgan fingerprint density at radius 2 is 0.337 bits per heavy atom. The molecule has 0 aromatic heterocycles. The van der Waals surface area contributed by atoms with E-state index < -0.39 is 23.7 Å². The second kappa shape index (κ2) is 47.1. The molecule has 0 amide bonds. The molecule has 12 nitrogen and oxygen atoms in total. The van der Waals surface area contributed by atoms with Gasteiger partial charge in [0, 0.05) is 145 Å². The lowest BCUT2D eigenvalue weighted by Crippen LogP contribution is -2.11. The summed E-state index contributed by atoms with van der Waals surface area (Å²) in [7, 11) is 0. The first-order valence-corrected chi connectivity index (χ1v) is 37.5. The molecule has 8 N–H and O–H groups in total. The van der Waals surface area contributed by atoms with Crippen LogP contribution in [0, 0.1) is 0 Å². The third-order valence-corrected chi connectivity index (χ3v) is 19.2. The summed E-state index contributed by atoms with van der Waals surface area (Å²) in [5.41, 5.74) is 4.25. The molecule has 0 aliphatic heterocycles. The van der Waals surface area contributed by atoms with Crippen LogP contribution < -0.4 is 0 Å². The third-order valence-electron chi connectivity index (χ3n) is 19.2. The summed E-state index contributed by atoms with van der Waals surface area (Å²) in [4.78, 5) is 0. The number of rotatable bonds is 52. The topological polar surface area (TPSA) is 199 Å². The van der Waals surface area contributed by atoms with E-state index in [9.17, 15) is 40.9 Å². The largest absolute Gasteiger partial charge is 0.508 e. The molecule has 5 rings (SSSR count). The Balaban J connectivity index is 1.58. The van der Waals surface area contributed by atoms with Gasteiger partial charge in [0.1, 0.15) is 46.0 Å². The normalized spacial score (nSPS) is 15.6. The maximum atomic E-state index is 12.3. The van der Waals surface area contributed by atoms with Crippen LogP contribution in [0.2, 0.25) is 0 Å². The van der Waals surface area contributed by atoms with Gasteiger partial charge in [0.15, 0.2) is 0 Å². The monoisotopic (exact) mass is 1280 g/mol. The van der Waals surface area contributed by atoms with E-state index in [0.717, 1.165) is 284 Å². The van der Waals surface area contributed by atoms with Crippen molar-refractivity contribution >= 4 is 0 Å². The number of hydrogen-bond acceptors (Lipinski definition) is 12. The number of unbranched alkanes of at least 4 members (excludes halogenated alkanes) is 28. The maximum Gasteiger partial charge on any atom is 0.123 e. The van der Waals surface area contributed by atoms with E-state index in [1.165, 1.54) is 24.3 Å². The predicted molar refractivity (Wildman–Crippen MR) is 377 cm³/mol. The smallest absolute Gasteiger partial charge is 0.123 e. The number of aromatic hydroxyl groups is 8. The van der Waals surface area contributed by atoms with Crippen molar-refractivity contribution < 1.29 is 59.8 Å². The van der Waals surface area contributed by atoms with Crippen LogP contribution in [0.3, 0.4) is 0 Å². The summed E-state index contributed by atoms with van der Waals surface area (Å²) in [6.45, 7) is 15.0. The van der Waals surface area contributed by atoms with Crippen LogP contribution in [-0.4, -0.2) is 93.7 Å². The summed E-state index contributed by atoms with van der Waals surface area (Å²) < 4.78 is 22.8. The van der Waals surface area contributed by atoms with E-state index in [1.807, 2.05) is 24.3 Å². The highest BCUT2D eigenvalue weighted by Crippen LogP contribution is 2.53. The SMILES string of the molecule is CCCOCCCCCCCCCCC1c2cc(c(O)cc2O)C(CCCCCCCCCCOCCC)c2cc(c(O)cc2O)C(CCCCCCCCCCOCCC)c2cc(c(O)cc2O)C(CCCCCCCCCCOCCC)c2cc1c(O)cc2O. The Labute approximate surface area is 557 Å². The molecule has 0 heterocycles. The second-order valence-electron chi connectivity index (χ2n) is 27.0. The summed E-state index contributed by atoms with van der Waals surface area (Å²) in [6.07, 6.45) is 39.9. The molecule has 0 fully saturated rings. The van der Waals surface area contributed by atoms with Gasteiger partial charge >= 0.3 is 0 Å². The molecule has 0 saturated carbocycles. The van der Waals surface area contributed by atoms with Crippen molar-refractivity contribution in [1.29, 1.82) is 0 Å². The molecule has 1 aliphatic rings. The maximum absolute atomic E-state index is 12.3. The molecule has 4 aromatic carbocycles. The van der Waals surface area contributed by atoms with Gasteiger partial charge in [-0.15, -0.1) is 0 Å². The van der Waals surface area contributed by atoms with E-state index >= 15 is 0 Å². The molecule has 0 atom stereocenters. The lowest BCUT2D eigenvalue weighted by Gasteiger charge is -2.29. The first-order chi connectivity index (χ1) is 44.9. The lowest BCUT2D eigenvalue weighted by molar-refractivity contribution is 0.130. The zero-order valence-electron chi connectivity index (χ0n) is 58.1. The summed E-state index contributed by atoms with van der Waals surface area (Å²) in [5.74, 6) is -3.20. The van der Waals surface area contributed by atoms with Gasteiger partial charge in [-0.3, -0.25) is 0 Å². The highest BCUT2D eigenvalue weighted by Gasteiger charge is 2.33. The zero-order chi connectivity index (χ0) is 66.0. The van der Waals surface area contributed by atoms with Crippen molar-refractivity contribution in [3.8, 4) is 46.0 Å². The van der Waals surface area contributed by atoms with E-state index in [1.54, 1.807) is 0 Å². The minimum Gasteiger partial charge on any atom is -0.508 e. The van der Waals surface area contributed by atoms with Crippen molar-refractivity contribution in [2.75, 3.05) is 52.9 Å². The van der Waals surface area contributed by atoms with Crippen LogP contribution in [0.25, 0.3) is 0 Å². The predicted octanol–water partition coefficient (Wildman–Crippen LogP) is 21.9. The standard InChI is InChI=1S/C80H128O12/c1-5-45-89-49-37-29-21-13-9-17-25-33-41-61-65-53-67(75(83)57-73(65)81)62(42-34-26-18-10-14-22-30-38-50-90-46-6-2)69-55-71(79(87)59-77(69)85)64(44-36-28-20-12-16-24-32-40-52-92-48-8-4)72-56-70(78(86)60-80(72)88)63(68-54-66(61)74(82)58-76(68)84)43-35-27-19-11-15-23-31-39-51-91-47-7-3/h53-64,81-88H,5-52H2,1-4H3. The molecule has 0 spiro atoms. The second-order valence-corrected chi connectivity index (χ2v) is 27.0. The molecule has 12 heteroatoms. The van der Waals surface area contributed by atoms with Gasteiger partial charge in [-0.05, 0) is 101 Å². The Hall–Kier alpha value is -4.88. The van der Waals surface area contributed by atoms with Crippen molar-refractivity contribution in [1.82, 2.24) is 0 Å². The van der Waals surface area contributed by atoms with Gasteiger partial charge in [-0.1, -0.05) is 207 Å². The third kappa shape index (κ3) is 27.8. The van der Waals surface area contributed by atoms with Gasteiger partial charge in [0.2, 0.25) is 0 Å². The fourth-order valence-electron chi connectivity index (χ4n) is 14.0. The highest BCUT2D eigenvalue weighted by atomic mass is 16.5. The fourth-order valence-corrected chi connectivity index (χ4v) is 14.0.